The highest BCUT2D eigenvalue weighted by Gasteiger charge is 2.26. The number of nitrogens with one attached hydrogen (secondary N) is 1. The summed E-state index contributed by atoms with van der Waals surface area (Å²) in [5.74, 6) is -0.145. The summed E-state index contributed by atoms with van der Waals surface area (Å²) >= 11 is 1.33. The Labute approximate surface area is 132 Å². The average molecular weight is 337 g/mol. The first kappa shape index (κ1) is 15.0. The van der Waals surface area contributed by atoms with Crippen molar-refractivity contribution in [3.05, 3.63) is 41.4 Å². The van der Waals surface area contributed by atoms with Crippen LogP contribution in [-0.2, 0) is 10.0 Å². The van der Waals surface area contributed by atoms with Crippen molar-refractivity contribution in [3.8, 4) is 0 Å². The molecule has 1 fully saturated rings. The van der Waals surface area contributed by atoms with Crippen molar-refractivity contribution in [1.29, 1.82) is 0 Å². The number of thiazole rings is 1. The molecule has 8 heteroatoms. The molecule has 0 atom stereocenters. The van der Waals surface area contributed by atoms with E-state index in [1.54, 1.807) is 35.8 Å². The van der Waals surface area contributed by atoms with Crippen LogP contribution in [0.3, 0.4) is 0 Å². The molecule has 1 saturated heterocycles. The zero-order valence-electron chi connectivity index (χ0n) is 11.7. The van der Waals surface area contributed by atoms with Crippen LogP contribution < -0.4 is 9.62 Å². The number of rotatable bonds is 3. The molecule has 0 saturated carbocycles. The van der Waals surface area contributed by atoms with Gasteiger partial charge in [0.05, 0.1) is 11.4 Å². The van der Waals surface area contributed by atoms with Gasteiger partial charge in [0.25, 0.3) is 5.91 Å². The second-order valence-electron chi connectivity index (χ2n) is 4.94. The summed E-state index contributed by atoms with van der Waals surface area (Å²) in [6.45, 7) is 0.458. The third-order valence-electron chi connectivity index (χ3n) is 3.40. The fourth-order valence-electron chi connectivity index (χ4n) is 2.34. The Morgan fingerprint density at radius 1 is 1.32 bits per heavy atom. The Bertz CT molecular complexity index is 772. The number of hydrogen-bond acceptors (Lipinski definition) is 5. The number of anilines is 2. The van der Waals surface area contributed by atoms with Gasteiger partial charge in [0.1, 0.15) is 0 Å². The molecule has 22 heavy (non-hydrogen) atoms. The SMILES string of the molecule is O=C(Nc1nccs1)c1cccc(N2CCCCS2(=O)=O)c1. The molecule has 6 nitrogen and oxygen atoms in total. The van der Waals surface area contributed by atoms with Gasteiger partial charge in [0.2, 0.25) is 10.0 Å². The second kappa shape index (κ2) is 6.05. The van der Waals surface area contributed by atoms with Crippen molar-refractivity contribution in [1.82, 2.24) is 4.98 Å². The minimum atomic E-state index is -3.28. The Balaban J connectivity index is 1.84. The van der Waals surface area contributed by atoms with Gasteiger partial charge in [0, 0.05) is 23.7 Å². The molecule has 1 aromatic heterocycles. The van der Waals surface area contributed by atoms with Gasteiger partial charge >= 0.3 is 0 Å². The van der Waals surface area contributed by atoms with Gasteiger partial charge in [-0.2, -0.15) is 0 Å². The lowest BCUT2D eigenvalue weighted by Crippen LogP contribution is -2.37. The van der Waals surface area contributed by atoms with E-state index in [1.807, 2.05) is 0 Å². The van der Waals surface area contributed by atoms with Crippen LogP contribution in [0.1, 0.15) is 23.2 Å². The number of carbonyl (C=O) groups is 1. The van der Waals surface area contributed by atoms with Gasteiger partial charge < -0.3 is 0 Å². The Hall–Kier alpha value is -1.93. The molecule has 116 valence electrons. The number of benzene rings is 1. The van der Waals surface area contributed by atoms with E-state index in [4.69, 9.17) is 0 Å². The lowest BCUT2D eigenvalue weighted by atomic mass is 10.2. The first-order chi connectivity index (χ1) is 10.6. The van der Waals surface area contributed by atoms with Crippen molar-refractivity contribution >= 4 is 38.1 Å². The third-order valence-corrected chi connectivity index (χ3v) is 5.96. The zero-order chi connectivity index (χ0) is 15.6. The number of nitrogens with zero attached hydrogens (tertiary/aromatic N) is 2. The zero-order valence-corrected chi connectivity index (χ0v) is 13.4. The van der Waals surface area contributed by atoms with Gasteiger partial charge in [-0.25, -0.2) is 13.4 Å². The fraction of sp³-hybridized carbons (Fsp3) is 0.286. The van der Waals surface area contributed by atoms with Crippen LogP contribution in [0.25, 0.3) is 0 Å². The van der Waals surface area contributed by atoms with Crippen LogP contribution in [0.4, 0.5) is 10.8 Å². The van der Waals surface area contributed by atoms with Crippen LogP contribution in [0.2, 0.25) is 0 Å². The molecule has 2 heterocycles. The van der Waals surface area contributed by atoms with Gasteiger partial charge in [-0.05, 0) is 31.0 Å². The van der Waals surface area contributed by atoms with E-state index < -0.39 is 10.0 Å². The van der Waals surface area contributed by atoms with Crippen molar-refractivity contribution in [3.63, 3.8) is 0 Å². The van der Waals surface area contributed by atoms with E-state index in [9.17, 15) is 13.2 Å². The highest BCUT2D eigenvalue weighted by atomic mass is 32.2. The lowest BCUT2D eigenvalue weighted by Gasteiger charge is -2.28. The highest BCUT2D eigenvalue weighted by Crippen LogP contribution is 2.24. The molecule has 3 rings (SSSR count). The largest absolute Gasteiger partial charge is 0.298 e. The Kier molecular flexibility index (Phi) is 4.12. The van der Waals surface area contributed by atoms with E-state index in [0.717, 1.165) is 6.42 Å². The van der Waals surface area contributed by atoms with Crippen LogP contribution in [0.15, 0.2) is 35.8 Å². The minimum Gasteiger partial charge on any atom is -0.298 e. The predicted molar refractivity (Wildman–Crippen MR) is 86.9 cm³/mol. The summed E-state index contributed by atoms with van der Waals surface area (Å²) in [6, 6.07) is 6.66. The topological polar surface area (TPSA) is 79.4 Å². The lowest BCUT2D eigenvalue weighted by molar-refractivity contribution is 0.102. The van der Waals surface area contributed by atoms with Gasteiger partial charge in [-0.1, -0.05) is 6.07 Å². The summed E-state index contributed by atoms with van der Waals surface area (Å²) in [6.07, 6.45) is 3.12. The maximum Gasteiger partial charge on any atom is 0.257 e. The summed E-state index contributed by atoms with van der Waals surface area (Å²) in [4.78, 5) is 16.2. The van der Waals surface area contributed by atoms with E-state index in [0.29, 0.717) is 29.3 Å². The van der Waals surface area contributed by atoms with E-state index in [1.165, 1.54) is 15.6 Å². The average Bonchev–Trinajstić information content (AvgIpc) is 3.00. The first-order valence-corrected chi connectivity index (χ1v) is 9.36. The maximum absolute atomic E-state index is 12.2. The van der Waals surface area contributed by atoms with E-state index in [-0.39, 0.29) is 11.7 Å². The molecule has 0 bridgehead atoms. The molecule has 0 spiro atoms. The minimum absolute atomic E-state index is 0.155. The summed E-state index contributed by atoms with van der Waals surface area (Å²) < 4.78 is 25.7. The number of hydrogen-bond donors (Lipinski definition) is 1. The quantitative estimate of drug-likeness (QED) is 0.932. The molecule has 1 aliphatic heterocycles. The third kappa shape index (κ3) is 3.12. The summed E-state index contributed by atoms with van der Waals surface area (Å²) in [7, 11) is -3.28. The van der Waals surface area contributed by atoms with E-state index in [2.05, 4.69) is 10.3 Å². The first-order valence-electron chi connectivity index (χ1n) is 6.87. The van der Waals surface area contributed by atoms with E-state index >= 15 is 0 Å². The van der Waals surface area contributed by atoms with Crippen LogP contribution >= 0.6 is 11.3 Å². The number of aromatic nitrogens is 1. The normalized spacial score (nSPS) is 17.2. The van der Waals surface area contributed by atoms with Crippen molar-refractivity contribution < 1.29 is 13.2 Å². The standard InChI is InChI=1S/C14H15N3O3S2/c18-13(16-14-15-6-8-21-14)11-4-3-5-12(10-11)17-7-1-2-9-22(17,19)20/h3-6,8,10H,1-2,7,9H2,(H,15,16,18). The van der Waals surface area contributed by atoms with Crippen LogP contribution in [0, 0.1) is 0 Å². The monoisotopic (exact) mass is 337 g/mol. The molecule has 1 amide bonds. The smallest absolute Gasteiger partial charge is 0.257 e. The number of carbonyl (C=O) groups excluding carboxylic acids is 1. The Morgan fingerprint density at radius 3 is 2.91 bits per heavy atom. The van der Waals surface area contributed by atoms with Crippen molar-refractivity contribution in [2.24, 2.45) is 0 Å². The molecule has 0 aliphatic carbocycles. The van der Waals surface area contributed by atoms with Gasteiger partial charge in [-0.3, -0.25) is 14.4 Å². The summed E-state index contributed by atoms with van der Waals surface area (Å²) in [5, 5.41) is 4.97. The maximum atomic E-state index is 12.2. The molecule has 1 aromatic carbocycles. The Morgan fingerprint density at radius 2 is 2.18 bits per heavy atom. The molecular formula is C14H15N3O3S2. The fourth-order valence-corrected chi connectivity index (χ4v) is 4.49. The summed E-state index contributed by atoms with van der Waals surface area (Å²) in [5.41, 5.74) is 0.944. The van der Waals surface area contributed by atoms with Crippen molar-refractivity contribution in [2.75, 3.05) is 21.9 Å². The van der Waals surface area contributed by atoms with Gasteiger partial charge in [0.15, 0.2) is 5.13 Å². The van der Waals surface area contributed by atoms with Gasteiger partial charge in [-0.15, -0.1) is 11.3 Å². The molecule has 1 N–H and O–H groups in total. The molecule has 0 unspecified atom stereocenters. The molecule has 1 aliphatic rings. The van der Waals surface area contributed by atoms with Crippen molar-refractivity contribution in [2.45, 2.75) is 12.8 Å². The number of amides is 1. The predicted octanol–water partition coefficient (Wildman–Crippen LogP) is 2.33. The molecular weight excluding hydrogens is 322 g/mol. The molecule has 0 radical (unpaired) electrons. The molecule has 2 aromatic rings. The van der Waals surface area contributed by atoms with Crippen LogP contribution in [0.5, 0.6) is 0 Å². The van der Waals surface area contributed by atoms with Crippen LogP contribution in [-0.4, -0.2) is 31.6 Å². The number of sulfonamides is 1. The highest BCUT2D eigenvalue weighted by molar-refractivity contribution is 7.92. The second-order valence-corrected chi connectivity index (χ2v) is 7.84.